The van der Waals surface area contributed by atoms with E-state index in [1.807, 2.05) is 0 Å². The molecule has 0 radical (unpaired) electrons. The van der Waals surface area contributed by atoms with Crippen molar-refractivity contribution < 1.29 is 23.9 Å². The van der Waals surface area contributed by atoms with Crippen LogP contribution in [0, 0.1) is 5.92 Å². The highest BCUT2D eigenvalue weighted by molar-refractivity contribution is 6.30. The zero-order valence-electron chi connectivity index (χ0n) is 18.1. The summed E-state index contributed by atoms with van der Waals surface area (Å²) in [5, 5.41) is 3.32. The lowest BCUT2D eigenvalue weighted by Gasteiger charge is -2.32. The third-order valence-electron chi connectivity index (χ3n) is 5.23. The van der Waals surface area contributed by atoms with Crippen molar-refractivity contribution in [1.29, 1.82) is 0 Å². The Hall–Kier alpha value is -2.61. The van der Waals surface area contributed by atoms with Gasteiger partial charge in [-0.2, -0.15) is 0 Å². The predicted molar refractivity (Wildman–Crippen MR) is 117 cm³/mol. The molecule has 31 heavy (non-hydrogen) atoms. The van der Waals surface area contributed by atoms with Gasteiger partial charge in [0, 0.05) is 43.7 Å². The Morgan fingerprint density at radius 2 is 1.81 bits per heavy atom. The van der Waals surface area contributed by atoms with E-state index in [1.165, 1.54) is 4.90 Å². The van der Waals surface area contributed by atoms with Crippen molar-refractivity contribution in [3.05, 3.63) is 34.9 Å². The van der Waals surface area contributed by atoms with Gasteiger partial charge < -0.3 is 19.9 Å². The molecule has 0 saturated carbocycles. The smallest absolute Gasteiger partial charge is 0.309 e. The van der Waals surface area contributed by atoms with Crippen molar-refractivity contribution in [3.8, 4) is 0 Å². The van der Waals surface area contributed by atoms with Crippen molar-refractivity contribution in [1.82, 2.24) is 15.1 Å². The van der Waals surface area contributed by atoms with Gasteiger partial charge in [-0.1, -0.05) is 11.6 Å². The van der Waals surface area contributed by atoms with Crippen LogP contribution in [0.15, 0.2) is 24.3 Å². The molecular weight excluding hydrogens is 422 g/mol. The molecule has 0 atom stereocenters. The van der Waals surface area contributed by atoms with E-state index in [0.717, 1.165) is 0 Å². The lowest BCUT2D eigenvalue weighted by Crippen LogP contribution is -2.45. The van der Waals surface area contributed by atoms with Crippen LogP contribution in [-0.2, 0) is 19.1 Å². The summed E-state index contributed by atoms with van der Waals surface area (Å²) in [6, 6.07) is 6.56. The third kappa shape index (κ3) is 7.86. The highest BCUT2D eigenvalue weighted by Gasteiger charge is 2.28. The highest BCUT2D eigenvalue weighted by Crippen LogP contribution is 2.19. The van der Waals surface area contributed by atoms with Crippen molar-refractivity contribution in [2.24, 2.45) is 5.92 Å². The van der Waals surface area contributed by atoms with Crippen molar-refractivity contribution >= 4 is 35.3 Å². The van der Waals surface area contributed by atoms with Gasteiger partial charge in [0.05, 0.1) is 19.1 Å². The first-order chi connectivity index (χ1) is 14.8. The van der Waals surface area contributed by atoms with Crippen molar-refractivity contribution in [2.75, 3.05) is 39.8 Å². The van der Waals surface area contributed by atoms with Gasteiger partial charge in [0.15, 0.2) is 0 Å². The summed E-state index contributed by atoms with van der Waals surface area (Å²) >= 11 is 5.80. The Bertz CT molecular complexity index is 776. The molecule has 3 amide bonds. The quantitative estimate of drug-likeness (QED) is 0.458. The third-order valence-corrected chi connectivity index (χ3v) is 5.48. The Morgan fingerprint density at radius 3 is 2.42 bits per heavy atom. The molecule has 1 aliphatic rings. The number of halogens is 1. The van der Waals surface area contributed by atoms with Gasteiger partial charge in [-0.15, -0.1) is 0 Å². The number of likely N-dealkylation sites (N-methyl/N-ethyl adjacent to an activating group) is 1. The molecule has 1 aromatic carbocycles. The van der Waals surface area contributed by atoms with Crippen LogP contribution in [0.25, 0.3) is 0 Å². The summed E-state index contributed by atoms with van der Waals surface area (Å²) in [5.41, 5.74) is 0.505. The monoisotopic (exact) mass is 451 g/mol. The molecule has 1 aromatic rings. The number of nitrogens with one attached hydrogen (secondary N) is 1. The largest absolute Gasteiger partial charge is 0.466 e. The number of hydrogen-bond donors (Lipinski definition) is 1. The van der Waals surface area contributed by atoms with Crippen molar-refractivity contribution in [3.63, 3.8) is 0 Å². The molecule has 0 bridgehead atoms. The van der Waals surface area contributed by atoms with Gasteiger partial charge in [0.25, 0.3) is 5.91 Å². The molecule has 1 heterocycles. The van der Waals surface area contributed by atoms with E-state index in [-0.39, 0.29) is 42.6 Å². The maximum atomic E-state index is 12.5. The van der Waals surface area contributed by atoms with Crippen molar-refractivity contribution in [2.45, 2.75) is 32.6 Å². The Balaban J connectivity index is 1.65. The molecule has 2 rings (SSSR count). The van der Waals surface area contributed by atoms with Gasteiger partial charge in [-0.3, -0.25) is 19.2 Å². The second-order valence-corrected chi connectivity index (χ2v) is 7.96. The molecule has 1 N–H and O–H groups in total. The topological polar surface area (TPSA) is 96.0 Å². The molecule has 9 heteroatoms. The zero-order chi connectivity index (χ0) is 22.8. The number of rotatable bonds is 9. The first-order valence-corrected chi connectivity index (χ1v) is 10.9. The fourth-order valence-electron chi connectivity index (χ4n) is 3.35. The Morgan fingerprint density at radius 1 is 1.16 bits per heavy atom. The molecular formula is C22H30ClN3O5. The van der Waals surface area contributed by atoms with Crippen LogP contribution in [-0.4, -0.2) is 73.3 Å². The number of piperidine rings is 1. The minimum Gasteiger partial charge on any atom is -0.466 e. The molecule has 0 aromatic heterocycles. The SMILES string of the molecule is CCOC(=O)C1CCN(C(=O)CN(C)C(=O)CCCNC(=O)c2ccc(Cl)cc2)CC1. The number of ether oxygens (including phenoxy) is 1. The Kier molecular flexibility index (Phi) is 9.78. The minimum absolute atomic E-state index is 0.0000400. The van der Waals surface area contributed by atoms with E-state index in [2.05, 4.69) is 5.32 Å². The lowest BCUT2D eigenvalue weighted by atomic mass is 9.97. The molecule has 0 spiro atoms. The first-order valence-electron chi connectivity index (χ1n) is 10.5. The zero-order valence-corrected chi connectivity index (χ0v) is 18.8. The summed E-state index contributed by atoms with van der Waals surface area (Å²) in [4.78, 5) is 51.7. The number of carbonyl (C=O) groups is 4. The molecule has 1 fully saturated rings. The van der Waals surface area contributed by atoms with Gasteiger partial charge in [0.2, 0.25) is 11.8 Å². The van der Waals surface area contributed by atoms with E-state index < -0.39 is 0 Å². The fraction of sp³-hybridized carbons (Fsp3) is 0.545. The molecule has 0 aliphatic carbocycles. The Labute approximate surface area is 187 Å². The predicted octanol–water partition coefficient (Wildman–Crippen LogP) is 2.11. The van der Waals surface area contributed by atoms with E-state index in [1.54, 1.807) is 43.1 Å². The van der Waals surface area contributed by atoms with E-state index in [9.17, 15) is 19.2 Å². The minimum atomic E-state index is -0.223. The average molecular weight is 452 g/mol. The second-order valence-electron chi connectivity index (χ2n) is 7.52. The number of likely N-dealkylation sites (tertiary alicyclic amines) is 1. The lowest BCUT2D eigenvalue weighted by molar-refractivity contribution is -0.151. The van der Waals surface area contributed by atoms with Crippen LogP contribution < -0.4 is 5.32 Å². The van der Waals surface area contributed by atoms with Crippen LogP contribution in [0.3, 0.4) is 0 Å². The molecule has 0 unspecified atom stereocenters. The fourth-order valence-corrected chi connectivity index (χ4v) is 3.48. The number of amides is 3. The molecule has 1 aliphatic heterocycles. The number of hydrogen-bond acceptors (Lipinski definition) is 5. The van der Waals surface area contributed by atoms with Gasteiger partial charge in [0.1, 0.15) is 0 Å². The summed E-state index contributed by atoms with van der Waals surface area (Å²) in [6.07, 6.45) is 1.86. The van der Waals surface area contributed by atoms with Crippen LogP contribution >= 0.6 is 11.6 Å². The van der Waals surface area contributed by atoms with E-state index >= 15 is 0 Å². The molecule has 1 saturated heterocycles. The summed E-state index contributed by atoms with van der Waals surface area (Å²) < 4.78 is 5.04. The van der Waals surface area contributed by atoms with Gasteiger partial charge in [-0.05, 0) is 50.5 Å². The summed E-state index contributed by atoms with van der Waals surface area (Å²) in [7, 11) is 1.60. The number of carbonyl (C=O) groups excluding carboxylic acids is 4. The number of benzene rings is 1. The molecule has 170 valence electrons. The maximum Gasteiger partial charge on any atom is 0.309 e. The van der Waals surface area contributed by atoms with Crippen LogP contribution in [0.2, 0.25) is 5.02 Å². The van der Waals surface area contributed by atoms with Crippen LogP contribution in [0.1, 0.15) is 43.0 Å². The van der Waals surface area contributed by atoms with Crippen LogP contribution in [0.4, 0.5) is 0 Å². The van der Waals surface area contributed by atoms with Crippen LogP contribution in [0.5, 0.6) is 0 Å². The maximum absolute atomic E-state index is 12.5. The van der Waals surface area contributed by atoms with Gasteiger partial charge >= 0.3 is 5.97 Å². The summed E-state index contributed by atoms with van der Waals surface area (Å²) in [5.74, 6) is -0.875. The normalized spacial score (nSPS) is 14.1. The second kappa shape index (κ2) is 12.3. The number of esters is 1. The average Bonchev–Trinajstić information content (AvgIpc) is 2.77. The van der Waals surface area contributed by atoms with E-state index in [4.69, 9.17) is 16.3 Å². The van der Waals surface area contributed by atoms with Gasteiger partial charge in [-0.25, -0.2) is 0 Å². The van der Waals surface area contributed by atoms with E-state index in [0.29, 0.717) is 56.1 Å². The summed E-state index contributed by atoms with van der Waals surface area (Å²) in [6.45, 7) is 3.46. The first kappa shape index (κ1) is 24.7. The molecule has 8 nitrogen and oxygen atoms in total. The standard InChI is InChI=1S/C22H30ClN3O5/c1-3-31-22(30)17-10-13-26(14-11-17)20(28)15-25(2)19(27)5-4-12-24-21(29)16-6-8-18(23)9-7-16/h6-9,17H,3-5,10-15H2,1-2H3,(H,24,29). The highest BCUT2D eigenvalue weighted by atomic mass is 35.5. The number of nitrogens with zero attached hydrogens (tertiary/aromatic N) is 2.